The Hall–Kier alpha value is -2.49. The number of thiazole rings is 1. The van der Waals surface area contributed by atoms with Gasteiger partial charge in [-0.3, -0.25) is 9.35 Å². The third-order valence-electron chi connectivity index (χ3n) is 3.46. The normalized spacial score (nSPS) is 12.7. The second-order valence-corrected chi connectivity index (χ2v) is 7.68. The van der Waals surface area contributed by atoms with Gasteiger partial charge in [-0.1, -0.05) is 41.7 Å². The van der Waals surface area contributed by atoms with E-state index >= 15 is 0 Å². The maximum Gasteiger partial charge on any atom is 0.281 e. The number of aromatic nitrogens is 1. The molecule has 7 nitrogen and oxygen atoms in total. The number of nitrogens with zero attached hydrogens (tertiary/aromatic N) is 1. The molecule has 1 atom stereocenters. The quantitative estimate of drug-likeness (QED) is 0.661. The van der Waals surface area contributed by atoms with Gasteiger partial charge in [0.1, 0.15) is 5.75 Å². The molecule has 0 radical (unpaired) electrons. The van der Waals surface area contributed by atoms with Crippen molar-refractivity contribution >= 4 is 42.7 Å². The van der Waals surface area contributed by atoms with E-state index in [-0.39, 0.29) is 10.7 Å². The summed E-state index contributed by atoms with van der Waals surface area (Å²) in [5, 5.41) is 0.970. The average molecular weight is 378 g/mol. The number of nitrogens with one attached hydrogen (secondary N) is 1. The monoisotopic (exact) mass is 378 g/mol. The van der Waals surface area contributed by atoms with Crippen molar-refractivity contribution < 1.29 is 22.5 Å². The van der Waals surface area contributed by atoms with Gasteiger partial charge in [0, 0.05) is 0 Å². The highest BCUT2D eigenvalue weighted by molar-refractivity contribution is 7.86. The molecule has 0 spiro atoms. The predicted molar refractivity (Wildman–Crippen MR) is 95.5 cm³/mol. The molecular weight excluding hydrogens is 364 g/mol. The smallest absolute Gasteiger partial charge is 0.281 e. The Morgan fingerprint density at radius 3 is 2.60 bits per heavy atom. The number of rotatable bonds is 5. The number of carbonyl (C=O) groups is 1. The number of amides is 1. The lowest BCUT2D eigenvalue weighted by Crippen LogP contribution is -2.27. The molecular formula is C16H14N2O5S2. The van der Waals surface area contributed by atoms with Crippen molar-refractivity contribution in [3.63, 3.8) is 0 Å². The van der Waals surface area contributed by atoms with Crippen molar-refractivity contribution in [2.24, 2.45) is 0 Å². The highest BCUT2D eigenvalue weighted by Crippen LogP contribution is 2.30. The lowest BCUT2D eigenvalue weighted by Gasteiger charge is -2.13. The topological polar surface area (TPSA) is 106 Å². The van der Waals surface area contributed by atoms with Crippen LogP contribution in [0.25, 0.3) is 10.2 Å². The van der Waals surface area contributed by atoms with Crippen LogP contribution in [0, 0.1) is 0 Å². The van der Waals surface area contributed by atoms with E-state index in [1.165, 1.54) is 23.5 Å². The van der Waals surface area contributed by atoms with Crippen LogP contribution in [-0.4, -0.2) is 31.0 Å². The van der Waals surface area contributed by atoms with Crippen LogP contribution in [0.4, 0.5) is 5.13 Å². The van der Waals surface area contributed by atoms with E-state index in [0.717, 1.165) is 4.70 Å². The van der Waals surface area contributed by atoms with Gasteiger partial charge in [0.25, 0.3) is 16.0 Å². The summed E-state index contributed by atoms with van der Waals surface area (Å²) in [4.78, 5) is 16.7. The van der Waals surface area contributed by atoms with Gasteiger partial charge in [-0.15, -0.1) is 0 Å². The van der Waals surface area contributed by atoms with E-state index in [2.05, 4.69) is 10.3 Å². The van der Waals surface area contributed by atoms with Gasteiger partial charge in [-0.2, -0.15) is 8.42 Å². The largest absolute Gasteiger partial charge is 0.497 e. The molecule has 0 bridgehead atoms. The van der Waals surface area contributed by atoms with Crippen LogP contribution < -0.4 is 10.1 Å². The van der Waals surface area contributed by atoms with Crippen LogP contribution >= 0.6 is 11.3 Å². The first-order chi connectivity index (χ1) is 11.9. The molecule has 0 aliphatic heterocycles. The highest BCUT2D eigenvalue weighted by Gasteiger charge is 2.33. The molecule has 1 heterocycles. The first kappa shape index (κ1) is 17.3. The van der Waals surface area contributed by atoms with Gasteiger partial charge in [-0.25, -0.2) is 4.98 Å². The maximum absolute atomic E-state index is 12.5. The van der Waals surface area contributed by atoms with Crippen molar-refractivity contribution in [1.82, 2.24) is 4.98 Å². The fourth-order valence-corrected chi connectivity index (χ4v) is 4.07. The van der Waals surface area contributed by atoms with Gasteiger partial charge < -0.3 is 10.1 Å². The Bertz CT molecular complexity index is 1020. The van der Waals surface area contributed by atoms with E-state index in [9.17, 15) is 17.8 Å². The molecule has 1 aromatic heterocycles. The van der Waals surface area contributed by atoms with Crippen LogP contribution in [0.2, 0.25) is 0 Å². The Morgan fingerprint density at radius 1 is 1.24 bits per heavy atom. The average Bonchev–Trinajstić information content (AvgIpc) is 2.95. The van der Waals surface area contributed by atoms with Gasteiger partial charge in [-0.05, 0) is 23.8 Å². The summed E-state index contributed by atoms with van der Waals surface area (Å²) in [6.07, 6.45) is 0. The van der Waals surface area contributed by atoms with Crippen LogP contribution in [0.1, 0.15) is 10.8 Å². The second-order valence-electron chi connectivity index (χ2n) is 5.15. The Morgan fingerprint density at radius 2 is 1.96 bits per heavy atom. The van der Waals surface area contributed by atoms with E-state index in [1.807, 2.05) is 0 Å². The lowest BCUT2D eigenvalue weighted by atomic mass is 10.1. The van der Waals surface area contributed by atoms with E-state index in [0.29, 0.717) is 11.3 Å². The Balaban J connectivity index is 1.91. The van der Waals surface area contributed by atoms with Crippen LogP contribution in [0.3, 0.4) is 0 Å². The van der Waals surface area contributed by atoms with E-state index in [4.69, 9.17) is 4.74 Å². The number of fused-ring (bicyclic) bond motifs is 1. The molecule has 0 fully saturated rings. The number of anilines is 1. The Kier molecular flexibility index (Phi) is 4.71. The molecule has 2 aromatic carbocycles. The molecule has 0 saturated carbocycles. The number of ether oxygens (including phenoxy) is 1. The number of benzene rings is 2. The van der Waals surface area contributed by atoms with Gasteiger partial charge in [0.15, 0.2) is 10.4 Å². The van der Waals surface area contributed by atoms with Gasteiger partial charge >= 0.3 is 0 Å². The van der Waals surface area contributed by atoms with Crippen molar-refractivity contribution in [1.29, 1.82) is 0 Å². The molecule has 25 heavy (non-hydrogen) atoms. The maximum atomic E-state index is 12.5. The summed E-state index contributed by atoms with van der Waals surface area (Å²) in [6, 6.07) is 13.0. The zero-order chi connectivity index (χ0) is 18.0. The first-order valence-corrected chi connectivity index (χ1v) is 9.47. The van der Waals surface area contributed by atoms with Crippen molar-refractivity contribution in [3.05, 3.63) is 54.1 Å². The third-order valence-corrected chi connectivity index (χ3v) is 5.48. The number of hydrogen-bond donors (Lipinski definition) is 2. The fraction of sp³-hybridized carbons (Fsp3) is 0.125. The summed E-state index contributed by atoms with van der Waals surface area (Å²) in [5.74, 6) is -0.228. The summed E-state index contributed by atoms with van der Waals surface area (Å²) >= 11 is 1.18. The summed E-state index contributed by atoms with van der Waals surface area (Å²) in [6.45, 7) is 0. The number of hydrogen-bond acceptors (Lipinski definition) is 6. The zero-order valence-corrected chi connectivity index (χ0v) is 14.7. The molecule has 2 N–H and O–H groups in total. The number of methoxy groups -OCH3 is 1. The zero-order valence-electron chi connectivity index (χ0n) is 13.0. The fourth-order valence-electron chi connectivity index (χ4n) is 2.34. The number of carbonyl (C=O) groups excluding carboxylic acids is 1. The van der Waals surface area contributed by atoms with Crippen molar-refractivity contribution in [3.8, 4) is 5.75 Å². The molecule has 3 aromatic rings. The third kappa shape index (κ3) is 3.78. The SMILES string of the molecule is COc1ccc2nc(NC(=O)C(c3ccccc3)S(=O)(=O)O)sc2c1. The molecule has 9 heteroatoms. The van der Waals surface area contributed by atoms with Crippen LogP contribution in [0.5, 0.6) is 5.75 Å². The highest BCUT2D eigenvalue weighted by atomic mass is 32.2. The minimum atomic E-state index is -4.63. The van der Waals surface area contributed by atoms with Crippen molar-refractivity contribution in [2.75, 3.05) is 12.4 Å². The second kappa shape index (κ2) is 6.79. The van der Waals surface area contributed by atoms with Gasteiger partial charge in [0.05, 0.1) is 17.3 Å². The van der Waals surface area contributed by atoms with E-state index in [1.54, 1.807) is 43.5 Å². The van der Waals surface area contributed by atoms with Crippen LogP contribution in [0.15, 0.2) is 48.5 Å². The molecule has 0 aliphatic rings. The molecule has 1 amide bonds. The van der Waals surface area contributed by atoms with Crippen molar-refractivity contribution in [2.45, 2.75) is 5.25 Å². The molecule has 1 unspecified atom stereocenters. The molecule has 0 saturated heterocycles. The standard InChI is InChI=1S/C16H14N2O5S2/c1-23-11-7-8-12-13(9-11)24-16(17-12)18-15(19)14(25(20,21)22)10-5-3-2-4-6-10/h2-9,14H,1H3,(H,17,18,19)(H,20,21,22). The van der Waals surface area contributed by atoms with E-state index < -0.39 is 21.3 Å². The molecule has 0 aliphatic carbocycles. The molecule has 3 rings (SSSR count). The molecule has 130 valence electrons. The minimum absolute atomic E-state index is 0.172. The Labute approximate surface area is 148 Å². The van der Waals surface area contributed by atoms with Gasteiger partial charge in [0.2, 0.25) is 0 Å². The summed E-state index contributed by atoms with van der Waals surface area (Å²) in [7, 11) is -3.09. The van der Waals surface area contributed by atoms with Crippen LogP contribution in [-0.2, 0) is 14.9 Å². The lowest BCUT2D eigenvalue weighted by molar-refractivity contribution is -0.116. The minimum Gasteiger partial charge on any atom is -0.497 e. The summed E-state index contributed by atoms with van der Waals surface area (Å²) in [5.41, 5.74) is 0.814. The first-order valence-electron chi connectivity index (χ1n) is 7.15. The predicted octanol–water partition coefficient (Wildman–Crippen LogP) is 2.87. The summed E-state index contributed by atoms with van der Waals surface area (Å²) < 4.78 is 38.7.